The van der Waals surface area contributed by atoms with E-state index in [1.54, 1.807) is 4.91 Å². The van der Waals surface area contributed by atoms with Gasteiger partial charge in [0.1, 0.15) is 0 Å². The lowest BCUT2D eigenvalue weighted by atomic mass is 13.0. The summed E-state index contributed by atoms with van der Waals surface area (Å²) in [6.07, 6.45) is 0. The molecule has 0 N–H and O–H groups in total. The number of hydrogen-bond donors (Lipinski definition) is 0. The van der Waals surface area contributed by atoms with Crippen LogP contribution in [0.1, 0.15) is 0 Å². The van der Waals surface area contributed by atoms with E-state index in [2.05, 4.69) is 0 Å². The molecule has 0 bridgehead atoms. The number of nitrogens with zero attached hydrogens (tertiary/aromatic N) is 3. The fraction of sp³-hybridized carbons (Fsp3) is 0. The maximum atomic E-state index is 9.90. The van der Waals surface area contributed by atoms with E-state index in [0.717, 1.165) is 0 Å². The quantitative estimate of drug-likeness (QED) is 0.181. The molecule has 0 saturated heterocycles. The Balaban J connectivity index is 4.85. The third kappa shape index (κ3) is 2.42. The fourth-order valence-corrected chi connectivity index (χ4v) is 0.469. The Morgan fingerprint density at radius 3 is 2.22 bits per heavy atom. The summed E-state index contributed by atoms with van der Waals surface area (Å²) in [5, 5.41) is 0. The van der Waals surface area contributed by atoms with E-state index in [-0.39, 0.29) is 0 Å². The van der Waals surface area contributed by atoms with E-state index < -0.39 is 19.2 Å². The number of rotatable bonds is 2. The van der Waals surface area contributed by atoms with Crippen LogP contribution in [-0.2, 0) is 19.2 Å². The lowest BCUT2D eigenvalue weighted by Crippen LogP contribution is -2.01. The van der Waals surface area contributed by atoms with Gasteiger partial charge in [-0.3, -0.25) is 4.21 Å². The summed E-state index contributed by atoms with van der Waals surface area (Å²) in [6.45, 7) is 0. The van der Waals surface area contributed by atoms with Crippen molar-refractivity contribution in [1.29, 1.82) is 0 Å². The Kier molecular flexibility index (Phi) is 2.59. The summed E-state index contributed by atoms with van der Waals surface area (Å²) in [5.41, 5.74) is 7.46. The van der Waals surface area contributed by atoms with Gasteiger partial charge in [-0.25, -0.2) is 8.42 Å². The molecular weight excluding hydrogens is 170 g/mol. The van der Waals surface area contributed by atoms with Crippen LogP contribution in [0.15, 0.2) is 4.52 Å². The Morgan fingerprint density at radius 1 is 1.67 bits per heavy atom. The zero-order valence-corrected chi connectivity index (χ0v) is 5.42. The largest absolute Gasteiger partial charge is 0.760 e. The Morgan fingerprint density at radius 2 is 2.11 bits per heavy atom. The van der Waals surface area contributed by atoms with Crippen LogP contribution >= 0.6 is 0 Å². The molecule has 0 fully saturated rings. The highest BCUT2D eigenvalue weighted by Gasteiger charge is 2.05. The second kappa shape index (κ2) is 2.78. The molecule has 0 spiro atoms. The van der Waals surface area contributed by atoms with E-state index in [1.165, 1.54) is 0 Å². The molecule has 0 aliphatic carbocycles. The van der Waals surface area contributed by atoms with E-state index in [4.69, 9.17) is 5.53 Å². The summed E-state index contributed by atoms with van der Waals surface area (Å²) in [4.78, 5) is 1.77. The molecule has 9 heteroatoms. The van der Waals surface area contributed by atoms with Crippen molar-refractivity contribution < 1.29 is 17.2 Å². The van der Waals surface area contributed by atoms with Crippen molar-refractivity contribution in [1.82, 2.24) is 0 Å². The zero-order chi connectivity index (χ0) is 7.49. The van der Waals surface area contributed by atoms with Crippen LogP contribution in [-0.4, -0.2) is 17.2 Å². The minimum atomic E-state index is -4.62. The Labute approximate surface area is 52.0 Å². The predicted molar refractivity (Wildman–Crippen MR) is 27.0 cm³/mol. The monoisotopic (exact) mass is 170 g/mol. The van der Waals surface area contributed by atoms with Crippen LogP contribution in [0.25, 0.3) is 10.4 Å². The van der Waals surface area contributed by atoms with Crippen LogP contribution in [0, 0.1) is 0 Å². The van der Waals surface area contributed by atoms with Gasteiger partial charge in [-0.1, -0.05) is 0 Å². The minimum Gasteiger partial charge on any atom is -0.760 e. The van der Waals surface area contributed by atoms with Gasteiger partial charge in [-0.15, -0.1) is 0 Å². The van der Waals surface area contributed by atoms with Crippen LogP contribution in [0.4, 0.5) is 0 Å². The fourth-order valence-electron chi connectivity index (χ4n) is 0.0719. The summed E-state index contributed by atoms with van der Waals surface area (Å²) in [6, 6.07) is 0. The van der Waals surface area contributed by atoms with Crippen molar-refractivity contribution in [2.45, 2.75) is 0 Å². The van der Waals surface area contributed by atoms with Gasteiger partial charge in [-0.2, -0.15) is 0 Å². The molecular formula is N3O4S2-. The molecule has 0 aromatic carbocycles. The third-order valence-corrected chi connectivity index (χ3v) is 2.16. The smallest absolute Gasteiger partial charge is 0.303 e. The first-order valence-corrected chi connectivity index (χ1v) is 4.45. The lowest BCUT2D eigenvalue weighted by molar-refractivity contribution is 0.540. The van der Waals surface area contributed by atoms with Crippen molar-refractivity contribution in [3.05, 3.63) is 10.4 Å². The van der Waals surface area contributed by atoms with Crippen molar-refractivity contribution in [3.63, 3.8) is 0 Å². The second-order valence-corrected chi connectivity index (χ2v) is 4.31. The summed E-state index contributed by atoms with van der Waals surface area (Å²) in [5.74, 6) is 0. The molecule has 52 valence electrons. The predicted octanol–water partition coefficient (Wildman–Crippen LogP) is -0.579. The van der Waals surface area contributed by atoms with Gasteiger partial charge in [-0.05, 0) is 5.53 Å². The van der Waals surface area contributed by atoms with Crippen molar-refractivity contribution in [2.24, 2.45) is 4.52 Å². The van der Waals surface area contributed by atoms with Crippen LogP contribution in [0.5, 0.6) is 0 Å². The molecule has 0 saturated carbocycles. The van der Waals surface area contributed by atoms with Crippen molar-refractivity contribution >= 4 is 19.2 Å². The summed E-state index contributed by atoms with van der Waals surface area (Å²) >= 11 is 0. The van der Waals surface area contributed by atoms with E-state index >= 15 is 0 Å². The molecule has 1 atom stereocenters. The first kappa shape index (κ1) is 8.37. The molecule has 0 radical (unpaired) electrons. The van der Waals surface area contributed by atoms with Gasteiger partial charge in [0.2, 0.25) is 0 Å². The summed E-state index contributed by atoms with van der Waals surface area (Å²) in [7, 11) is -8.00. The maximum Gasteiger partial charge on any atom is 0.303 e. The van der Waals surface area contributed by atoms with E-state index in [0.29, 0.717) is 0 Å². The van der Waals surface area contributed by atoms with Crippen LogP contribution < -0.4 is 0 Å². The Hall–Kier alpha value is -0.630. The molecule has 7 nitrogen and oxygen atoms in total. The summed E-state index contributed by atoms with van der Waals surface area (Å²) < 4.78 is 40.9. The normalized spacial score (nSPS) is 13.9. The molecule has 0 aliphatic rings. The van der Waals surface area contributed by atoms with E-state index in [1.807, 2.05) is 4.52 Å². The van der Waals surface area contributed by atoms with Crippen LogP contribution in [0.2, 0.25) is 0 Å². The van der Waals surface area contributed by atoms with Gasteiger partial charge in [0.25, 0.3) is 0 Å². The first-order chi connectivity index (χ1) is 4.00. The molecule has 0 heterocycles. The highest BCUT2D eigenvalue weighted by Crippen LogP contribution is 1.94. The minimum absolute atomic E-state index is 1.77. The average molecular weight is 170 g/mol. The van der Waals surface area contributed by atoms with Gasteiger partial charge in [0.05, 0.1) is 10.1 Å². The molecule has 9 heavy (non-hydrogen) atoms. The maximum absolute atomic E-state index is 9.90. The molecule has 1 unspecified atom stereocenters. The van der Waals surface area contributed by atoms with Gasteiger partial charge < -0.3 is 4.55 Å². The topological polar surface area (TPSA) is 123 Å². The highest BCUT2D eigenvalue weighted by molar-refractivity contribution is 8.61. The highest BCUT2D eigenvalue weighted by atomic mass is 33.2. The van der Waals surface area contributed by atoms with Crippen molar-refractivity contribution in [2.75, 3.05) is 0 Å². The molecule has 0 aromatic rings. The molecule has 0 rings (SSSR count). The Bertz CT molecular complexity index is 248. The molecule has 0 amide bonds. The average Bonchev–Trinajstić information content (AvgIpc) is 1.65. The van der Waals surface area contributed by atoms with E-state index in [9.17, 15) is 17.2 Å². The third-order valence-electron chi connectivity index (χ3n) is 0.308. The first-order valence-electron chi connectivity index (χ1n) is 1.42. The number of hydrogen-bond acceptors (Lipinski definition) is 4. The standard InChI is InChI=1S/HN3O4S2/c1-2-3-9(6,7)8(4)5/h(H,4,5)/p-1. The van der Waals surface area contributed by atoms with Gasteiger partial charge in [0.15, 0.2) is 0 Å². The zero-order valence-electron chi connectivity index (χ0n) is 3.79. The van der Waals surface area contributed by atoms with Crippen LogP contribution in [0.3, 0.4) is 0 Å². The molecule has 0 aromatic heterocycles. The van der Waals surface area contributed by atoms with Gasteiger partial charge >= 0.3 is 9.06 Å². The SMILES string of the molecule is [N-]=[N+]=NS(=O)(=O)S(=O)[O-]. The van der Waals surface area contributed by atoms with Crippen molar-refractivity contribution in [3.8, 4) is 0 Å². The molecule has 0 aliphatic heterocycles. The second-order valence-electron chi connectivity index (χ2n) is 0.803. The van der Waals surface area contributed by atoms with Gasteiger partial charge in [0, 0.05) is 9.43 Å². The lowest BCUT2D eigenvalue weighted by Gasteiger charge is -1.96. The number of azide groups is 1.